The summed E-state index contributed by atoms with van der Waals surface area (Å²) in [5.41, 5.74) is 1.02. The van der Waals surface area contributed by atoms with Crippen molar-refractivity contribution in [2.24, 2.45) is 0 Å². The number of amides is 1. The zero-order valence-corrected chi connectivity index (χ0v) is 15.6. The summed E-state index contributed by atoms with van der Waals surface area (Å²) in [4.78, 5) is 14.6. The van der Waals surface area contributed by atoms with Crippen LogP contribution in [0.1, 0.15) is 79.2 Å². The molecule has 0 aliphatic heterocycles. The van der Waals surface area contributed by atoms with Crippen LogP contribution >= 0.6 is 11.3 Å². The van der Waals surface area contributed by atoms with Crippen LogP contribution in [0.25, 0.3) is 10.2 Å². The van der Waals surface area contributed by atoms with Gasteiger partial charge in [0.2, 0.25) is 0 Å². The van der Waals surface area contributed by atoms with Gasteiger partial charge >= 0.3 is 0 Å². The lowest BCUT2D eigenvalue weighted by Gasteiger charge is -2.25. The number of fused-ring (bicyclic) bond motifs is 1. The van der Waals surface area contributed by atoms with Gasteiger partial charge in [-0.05, 0) is 51.5 Å². The second-order valence-electron chi connectivity index (χ2n) is 7.63. The van der Waals surface area contributed by atoms with Crippen LogP contribution in [-0.4, -0.2) is 32.9 Å². The molecule has 2 heterocycles. The van der Waals surface area contributed by atoms with E-state index in [9.17, 15) is 9.90 Å². The van der Waals surface area contributed by atoms with Gasteiger partial charge in [0.15, 0.2) is 0 Å². The molecule has 1 amide bonds. The van der Waals surface area contributed by atoms with Crippen molar-refractivity contribution in [2.45, 2.75) is 82.9 Å². The Bertz CT molecular complexity index is 752. The molecule has 0 unspecified atom stereocenters. The quantitative estimate of drug-likeness (QED) is 0.870. The molecule has 0 aromatic carbocycles. The molecule has 2 fully saturated rings. The van der Waals surface area contributed by atoms with E-state index in [1.54, 1.807) is 11.3 Å². The molecule has 0 atom stereocenters. The van der Waals surface area contributed by atoms with Crippen molar-refractivity contribution >= 4 is 27.5 Å². The van der Waals surface area contributed by atoms with Gasteiger partial charge in [0.25, 0.3) is 5.91 Å². The van der Waals surface area contributed by atoms with Crippen molar-refractivity contribution in [3.05, 3.63) is 16.6 Å². The van der Waals surface area contributed by atoms with E-state index in [-0.39, 0.29) is 18.1 Å². The number of carbonyl (C=O) groups excluding carboxylic acids is 1. The van der Waals surface area contributed by atoms with E-state index in [4.69, 9.17) is 5.10 Å². The molecule has 2 aromatic heterocycles. The molecule has 6 heteroatoms. The van der Waals surface area contributed by atoms with Crippen LogP contribution in [0.4, 0.5) is 0 Å². The predicted octanol–water partition coefficient (Wildman–Crippen LogP) is 3.94. The Balaban J connectivity index is 1.53. The number of rotatable bonds is 3. The van der Waals surface area contributed by atoms with Crippen molar-refractivity contribution in [1.82, 2.24) is 15.1 Å². The Morgan fingerprint density at radius 2 is 1.92 bits per heavy atom. The summed E-state index contributed by atoms with van der Waals surface area (Å²) >= 11 is 1.57. The summed E-state index contributed by atoms with van der Waals surface area (Å²) < 4.78 is 2.18. The molecule has 2 aliphatic rings. The first kappa shape index (κ1) is 17.0. The third kappa shape index (κ3) is 3.47. The minimum atomic E-state index is -0.193. The summed E-state index contributed by atoms with van der Waals surface area (Å²) in [5, 5.41) is 18.7. The highest BCUT2D eigenvalue weighted by molar-refractivity contribution is 7.20. The van der Waals surface area contributed by atoms with Gasteiger partial charge in [-0.3, -0.25) is 9.48 Å². The third-order valence-electron chi connectivity index (χ3n) is 5.74. The predicted molar refractivity (Wildman–Crippen MR) is 100 cm³/mol. The SMILES string of the molecule is Cc1nn(C2CCCCC2)c2sc(C(=O)NC3CCC(O)CC3)cc12. The second-order valence-corrected chi connectivity index (χ2v) is 8.66. The zero-order valence-electron chi connectivity index (χ0n) is 14.8. The number of aliphatic hydroxyl groups is 1. The lowest BCUT2D eigenvalue weighted by atomic mass is 9.93. The van der Waals surface area contributed by atoms with Crippen LogP contribution in [0, 0.1) is 6.92 Å². The first-order valence-corrected chi connectivity index (χ1v) is 10.4. The summed E-state index contributed by atoms with van der Waals surface area (Å²) in [6.45, 7) is 2.04. The van der Waals surface area contributed by atoms with Crippen LogP contribution in [0.3, 0.4) is 0 Å². The van der Waals surface area contributed by atoms with E-state index in [1.165, 1.54) is 32.1 Å². The molecule has 0 bridgehead atoms. The first-order valence-electron chi connectivity index (χ1n) is 9.59. The van der Waals surface area contributed by atoms with Crippen molar-refractivity contribution in [3.8, 4) is 0 Å². The lowest BCUT2D eigenvalue weighted by Crippen LogP contribution is -2.38. The highest BCUT2D eigenvalue weighted by Crippen LogP contribution is 2.35. The van der Waals surface area contributed by atoms with Gasteiger partial charge in [-0.2, -0.15) is 5.10 Å². The number of thiophene rings is 1. The number of hydrogen-bond acceptors (Lipinski definition) is 4. The normalized spacial score (nSPS) is 25.4. The molecular formula is C19H27N3O2S. The average molecular weight is 362 g/mol. The van der Waals surface area contributed by atoms with Crippen LogP contribution in [-0.2, 0) is 0 Å². The fourth-order valence-electron chi connectivity index (χ4n) is 4.23. The largest absolute Gasteiger partial charge is 0.393 e. The van der Waals surface area contributed by atoms with E-state index in [0.717, 1.165) is 46.5 Å². The monoisotopic (exact) mass is 361 g/mol. The molecule has 2 aliphatic carbocycles. The van der Waals surface area contributed by atoms with Crippen LogP contribution in [0.2, 0.25) is 0 Å². The number of nitrogens with zero attached hydrogens (tertiary/aromatic N) is 2. The fraction of sp³-hybridized carbons (Fsp3) is 0.684. The lowest BCUT2D eigenvalue weighted by molar-refractivity contribution is 0.0871. The van der Waals surface area contributed by atoms with Gasteiger partial charge in [-0.25, -0.2) is 0 Å². The zero-order chi connectivity index (χ0) is 17.4. The topological polar surface area (TPSA) is 67.2 Å². The standard InChI is InChI=1S/C19H27N3O2S/c1-12-16-11-17(18(24)20-13-7-9-15(23)10-8-13)25-19(16)22(21-12)14-5-3-2-4-6-14/h11,13-15,23H,2-10H2,1H3,(H,20,24). The van der Waals surface area contributed by atoms with Gasteiger partial charge in [0, 0.05) is 11.4 Å². The molecule has 5 nitrogen and oxygen atoms in total. The fourth-order valence-corrected chi connectivity index (χ4v) is 5.37. The van der Waals surface area contributed by atoms with E-state index in [1.807, 2.05) is 13.0 Å². The van der Waals surface area contributed by atoms with Crippen molar-refractivity contribution in [3.63, 3.8) is 0 Å². The van der Waals surface area contributed by atoms with Gasteiger partial charge in [0.05, 0.1) is 22.7 Å². The summed E-state index contributed by atoms with van der Waals surface area (Å²) in [6.07, 6.45) is 9.38. The van der Waals surface area contributed by atoms with Gasteiger partial charge in [-0.15, -0.1) is 11.3 Å². The third-order valence-corrected chi connectivity index (χ3v) is 6.87. The number of hydrogen-bond donors (Lipinski definition) is 2. The Morgan fingerprint density at radius 1 is 1.20 bits per heavy atom. The molecule has 136 valence electrons. The smallest absolute Gasteiger partial charge is 0.261 e. The number of aryl methyl sites for hydroxylation is 1. The summed E-state index contributed by atoms with van der Waals surface area (Å²) in [7, 11) is 0. The van der Waals surface area contributed by atoms with E-state index < -0.39 is 0 Å². The minimum Gasteiger partial charge on any atom is -0.393 e. The molecule has 2 N–H and O–H groups in total. The Labute approximate surface area is 152 Å². The molecular weight excluding hydrogens is 334 g/mol. The van der Waals surface area contributed by atoms with Crippen molar-refractivity contribution < 1.29 is 9.90 Å². The summed E-state index contributed by atoms with van der Waals surface area (Å²) in [6, 6.07) is 2.69. The number of aliphatic hydroxyl groups excluding tert-OH is 1. The summed E-state index contributed by atoms with van der Waals surface area (Å²) in [5.74, 6) is 0.0252. The highest BCUT2D eigenvalue weighted by Gasteiger charge is 2.25. The van der Waals surface area contributed by atoms with Crippen LogP contribution < -0.4 is 5.32 Å². The molecule has 4 rings (SSSR count). The highest BCUT2D eigenvalue weighted by atomic mass is 32.1. The van der Waals surface area contributed by atoms with E-state index in [0.29, 0.717) is 6.04 Å². The maximum absolute atomic E-state index is 12.7. The number of carbonyl (C=O) groups is 1. The van der Waals surface area contributed by atoms with Gasteiger partial charge in [-0.1, -0.05) is 19.3 Å². The number of aromatic nitrogens is 2. The maximum atomic E-state index is 12.7. The van der Waals surface area contributed by atoms with E-state index >= 15 is 0 Å². The number of nitrogens with one attached hydrogen (secondary N) is 1. The Morgan fingerprint density at radius 3 is 2.64 bits per heavy atom. The van der Waals surface area contributed by atoms with Gasteiger partial charge < -0.3 is 10.4 Å². The molecule has 2 saturated carbocycles. The minimum absolute atomic E-state index is 0.0252. The molecule has 25 heavy (non-hydrogen) atoms. The average Bonchev–Trinajstić information content (AvgIpc) is 3.19. The van der Waals surface area contributed by atoms with E-state index in [2.05, 4.69) is 10.00 Å². The van der Waals surface area contributed by atoms with Gasteiger partial charge in [0.1, 0.15) is 4.83 Å². The molecule has 0 saturated heterocycles. The van der Waals surface area contributed by atoms with Crippen molar-refractivity contribution in [1.29, 1.82) is 0 Å². The Hall–Kier alpha value is -1.40. The second kappa shape index (κ2) is 7.08. The maximum Gasteiger partial charge on any atom is 0.261 e. The van der Waals surface area contributed by atoms with Crippen LogP contribution in [0.5, 0.6) is 0 Å². The molecule has 2 aromatic rings. The molecule has 0 spiro atoms. The van der Waals surface area contributed by atoms with Crippen molar-refractivity contribution in [2.75, 3.05) is 0 Å². The first-order chi connectivity index (χ1) is 12.1. The molecule has 0 radical (unpaired) electrons. The Kier molecular flexibility index (Phi) is 4.82. The van der Waals surface area contributed by atoms with Crippen LogP contribution in [0.15, 0.2) is 6.07 Å².